The van der Waals surface area contributed by atoms with Gasteiger partial charge < -0.3 is 14.2 Å². The van der Waals surface area contributed by atoms with Crippen LogP contribution in [0.2, 0.25) is 5.02 Å². The highest BCUT2D eigenvalue weighted by Crippen LogP contribution is 2.34. The zero-order valence-corrected chi connectivity index (χ0v) is 19.3. The number of aromatic nitrogens is 2. The molecule has 3 aromatic rings. The number of carbonyl (C=O) groups excluding carboxylic acids is 1. The molecule has 6 heteroatoms. The van der Waals surface area contributed by atoms with E-state index in [1.54, 1.807) is 7.11 Å². The number of nitrogens with zero attached hydrogens (tertiary/aromatic N) is 3. The number of aryl methyl sites for hydroxylation is 1. The Hall–Kier alpha value is -2.79. The van der Waals surface area contributed by atoms with E-state index in [1.807, 2.05) is 24.4 Å². The lowest BCUT2D eigenvalue weighted by atomic mass is 10.0. The largest absolute Gasteiger partial charge is 0.497 e. The van der Waals surface area contributed by atoms with Gasteiger partial charge in [-0.15, -0.1) is 0 Å². The van der Waals surface area contributed by atoms with Crippen molar-refractivity contribution in [2.45, 2.75) is 32.7 Å². The van der Waals surface area contributed by atoms with Crippen molar-refractivity contribution in [2.75, 3.05) is 20.2 Å². The maximum absolute atomic E-state index is 12.4. The van der Waals surface area contributed by atoms with Crippen molar-refractivity contribution in [3.05, 3.63) is 59.4 Å². The van der Waals surface area contributed by atoms with E-state index in [4.69, 9.17) is 21.3 Å². The normalized spacial score (nSPS) is 18.2. The van der Waals surface area contributed by atoms with Gasteiger partial charge in [-0.2, -0.15) is 0 Å². The fraction of sp³-hybridized carbons (Fsp3) is 0.385. The van der Waals surface area contributed by atoms with Crippen molar-refractivity contribution < 1.29 is 9.53 Å². The maximum Gasteiger partial charge on any atom is 0.225 e. The van der Waals surface area contributed by atoms with Crippen LogP contribution in [-0.4, -0.2) is 40.6 Å². The molecule has 0 N–H and O–H groups in total. The van der Waals surface area contributed by atoms with E-state index in [0.29, 0.717) is 22.8 Å². The number of hydrogen-bond acceptors (Lipinski definition) is 3. The summed E-state index contributed by atoms with van der Waals surface area (Å²) in [6.45, 7) is 4.74. The number of rotatable bonds is 6. The Balaban J connectivity index is 1.33. The van der Waals surface area contributed by atoms with E-state index in [2.05, 4.69) is 40.7 Å². The summed E-state index contributed by atoms with van der Waals surface area (Å²) in [5.74, 6) is 2.86. The maximum atomic E-state index is 12.4. The van der Waals surface area contributed by atoms with Crippen molar-refractivity contribution in [1.82, 2.24) is 14.5 Å². The molecule has 2 aromatic carbocycles. The SMILES string of the molecule is COc1ccc(-c2ccc(-c3ncc(C)n3CC3CCN(C(=O)C4CC4)C3)cc2)c(Cl)c1. The molecule has 1 saturated heterocycles. The Bertz CT molecular complexity index is 1130. The number of imidazole rings is 1. The van der Waals surface area contributed by atoms with Crippen molar-refractivity contribution in [3.63, 3.8) is 0 Å². The van der Waals surface area contributed by atoms with Crippen LogP contribution < -0.4 is 4.74 Å². The molecule has 2 aliphatic rings. The lowest BCUT2D eigenvalue weighted by Gasteiger charge is -2.18. The molecule has 1 aromatic heterocycles. The minimum absolute atomic E-state index is 0.303. The van der Waals surface area contributed by atoms with Crippen molar-refractivity contribution >= 4 is 17.5 Å². The fourth-order valence-corrected chi connectivity index (χ4v) is 4.89. The molecule has 1 aliphatic heterocycles. The molecule has 5 nitrogen and oxygen atoms in total. The third-order valence-electron chi connectivity index (χ3n) is 6.65. The summed E-state index contributed by atoms with van der Waals surface area (Å²) >= 11 is 6.46. The van der Waals surface area contributed by atoms with Crippen molar-refractivity contribution in [1.29, 1.82) is 0 Å². The molecule has 5 rings (SSSR count). The number of methoxy groups -OCH3 is 1. The summed E-state index contributed by atoms with van der Waals surface area (Å²) in [5, 5.41) is 0.668. The Morgan fingerprint density at radius 3 is 2.56 bits per heavy atom. The predicted molar refractivity (Wildman–Crippen MR) is 127 cm³/mol. The Morgan fingerprint density at radius 2 is 1.88 bits per heavy atom. The van der Waals surface area contributed by atoms with Crippen LogP contribution in [0.1, 0.15) is 25.0 Å². The molecule has 0 radical (unpaired) electrons. The van der Waals surface area contributed by atoms with Gasteiger partial charge in [-0.05, 0) is 55.9 Å². The zero-order valence-electron chi connectivity index (χ0n) is 18.6. The molecule has 1 unspecified atom stereocenters. The van der Waals surface area contributed by atoms with Gasteiger partial charge in [0.1, 0.15) is 11.6 Å². The third kappa shape index (κ3) is 4.14. The van der Waals surface area contributed by atoms with Gasteiger partial charge in [-0.25, -0.2) is 4.98 Å². The monoisotopic (exact) mass is 449 g/mol. The molecule has 1 saturated carbocycles. The summed E-state index contributed by atoms with van der Waals surface area (Å²) in [6.07, 6.45) is 5.14. The number of ether oxygens (including phenoxy) is 1. The second-order valence-corrected chi connectivity index (χ2v) is 9.38. The molecule has 2 heterocycles. The molecule has 2 fully saturated rings. The second kappa shape index (κ2) is 8.62. The average molecular weight is 450 g/mol. The van der Waals surface area contributed by atoms with Gasteiger partial charge in [0.2, 0.25) is 5.91 Å². The van der Waals surface area contributed by atoms with Gasteiger partial charge in [-0.3, -0.25) is 4.79 Å². The minimum atomic E-state index is 0.303. The molecule has 1 atom stereocenters. The number of likely N-dealkylation sites (tertiary alicyclic amines) is 1. The molecule has 1 aliphatic carbocycles. The highest BCUT2D eigenvalue weighted by Gasteiger charge is 2.36. The van der Waals surface area contributed by atoms with Crippen LogP contribution in [0.15, 0.2) is 48.7 Å². The standard InChI is InChI=1S/C26H28ClN3O2/c1-17-14-28-25(30(17)16-18-11-12-29(15-18)26(31)21-7-8-21)20-5-3-19(4-6-20)23-10-9-22(32-2)13-24(23)27/h3-6,9-10,13-14,18,21H,7-8,11-12,15-16H2,1-2H3. The summed E-state index contributed by atoms with van der Waals surface area (Å²) in [5.41, 5.74) is 4.26. The number of benzene rings is 2. The van der Waals surface area contributed by atoms with E-state index in [0.717, 1.165) is 72.9 Å². The van der Waals surface area contributed by atoms with Gasteiger partial charge in [0.25, 0.3) is 0 Å². The van der Waals surface area contributed by atoms with Crippen LogP contribution >= 0.6 is 11.6 Å². The summed E-state index contributed by atoms with van der Waals surface area (Å²) in [6, 6.07) is 14.1. The molecule has 0 spiro atoms. The highest BCUT2D eigenvalue weighted by atomic mass is 35.5. The first-order chi connectivity index (χ1) is 15.5. The molecule has 166 valence electrons. The van der Waals surface area contributed by atoms with Gasteiger partial charge in [0.15, 0.2) is 0 Å². The third-order valence-corrected chi connectivity index (χ3v) is 6.96. The van der Waals surface area contributed by atoms with E-state index >= 15 is 0 Å². The first-order valence-corrected chi connectivity index (χ1v) is 11.7. The van der Waals surface area contributed by atoms with Crippen LogP contribution in [0.4, 0.5) is 0 Å². The summed E-state index contributed by atoms with van der Waals surface area (Å²) in [4.78, 5) is 19.2. The average Bonchev–Trinajstić information content (AvgIpc) is 3.46. The second-order valence-electron chi connectivity index (χ2n) is 8.97. The molecular weight excluding hydrogens is 422 g/mol. The molecule has 32 heavy (non-hydrogen) atoms. The van der Waals surface area contributed by atoms with E-state index in [1.165, 1.54) is 0 Å². The zero-order chi connectivity index (χ0) is 22.2. The molecular formula is C26H28ClN3O2. The molecule has 1 amide bonds. The van der Waals surface area contributed by atoms with E-state index in [-0.39, 0.29) is 0 Å². The van der Waals surface area contributed by atoms with Gasteiger partial charge in [-0.1, -0.05) is 35.9 Å². The van der Waals surface area contributed by atoms with Crippen LogP contribution in [0.3, 0.4) is 0 Å². The Kier molecular flexibility index (Phi) is 5.68. The lowest BCUT2D eigenvalue weighted by molar-refractivity contribution is -0.131. The fourth-order valence-electron chi connectivity index (χ4n) is 4.61. The number of amides is 1. The quantitative estimate of drug-likeness (QED) is 0.503. The van der Waals surface area contributed by atoms with Crippen molar-refractivity contribution in [3.8, 4) is 28.3 Å². The Morgan fingerprint density at radius 1 is 1.12 bits per heavy atom. The van der Waals surface area contributed by atoms with Gasteiger partial charge in [0, 0.05) is 48.6 Å². The first kappa shape index (κ1) is 21.1. The topological polar surface area (TPSA) is 47.4 Å². The Labute approximate surface area is 194 Å². The number of halogens is 1. The van der Waals surface area contributed by atoms with E-state index < -0.39 is 0 Å². The predicted octanol–water partition coefficient (Wildman–Crippen LogP) is 5.45. The number of carbonyl (C=O) groups is 1. The van der Waals surface area contributed by atoms with Gasteiger partial charge >= 0.3 is 0 Å². The molecule has 0 bridgehead atoms. The minimum Gasteiger partial charge on any atom is -0.497 e. The smallest absolute Gasteiger partial charge is 0.225 e. The highest BCUT2D eigenvalue weighted by molar-refractivity contribution is 6.33. The first-order valence-electron chi connectivity index (χ1n) is 11.3. The van der Waals surface area contributed by atoms with Crippen molar-refractivity contribution in [2.24, 2.45) is 11.8 Å². The van der Waals surface area contributed by atoms with Gasteiger partial charge in [0.05, 0.1) is 12.1 Å². The van der Waals surface area contributed by atoms with Crippen LogP contribution in [0.5, 0.6) is 5.75 Å². The van der Waals surface area contributed by atoms with Crippen LogP contribution in [-0.2, 0) is 11.3 Å². The van der Waals surface area contributed by atoms with Crippen LogP contribution in [0.25, 0.3) is 22.5 Å². The summed E-state index contributed by atoms with van der Waals surface area (Å²) in [7, 11) is 1.64. The number of hydrogen-bond donors (Lipinski definition) is 0. The lowest BCUT2D eigenvalue weighted by Crippen LogP contribution is -2.30. The van der Waals surface area contributed by atoms with Crippen LogP contribution in [0, 0.1) is 18.8 Å². The van der Waals surface area contributed by atoms with E-state index in [9.17, 15) is 4.79 Å². The summed E-state index contributed by atoms with van der Waals surface area (Å²) < 4.78 is 7.55.